The second-order valence-electron chi connectivity index (χ2n) is 6.37. The van der Waals surface area contributed by atoms with Gasteiger partial charge in [-0.15, -0.1) is 0 Å². The predicted molar refractivity (Wildman–Crippen MR) is 98.9 cm³/mol. The lowest BCUT2D eigenvalue weighted by Gasteiger charge is -2.33. The lowest BCUT2D eigenvalue weighted by Crippen LogP contribution is -2.52. The molecule has 2 N–H and O–H groups in total. The van der Waals surface area contributed by atoms with Gasteiger partial charge in [-0.2, -0.15) is 0 Å². The van der Waals surface area contributed by atoms with Crippen LogP contribution in [0.5, 0.6) is 0 Å². The van der Waals surface area contributed by atoms with Crippen molar-refractivity contribution in [3.8, 4) is 0 Å². The van der Waals surface area contributed by atoms with E-state index in [0.717, 1.165) is 11.1 Å². The minimum atomic E-state index is -0.391. The molecule has 2 aromatic rings. The topological polar surface area (TPSA) is 67.8 Å². The van der Waals surface area contributed by atoms with Crippen molar-refractivity contribution >= 4 is 5.91 Å². The van der Waals surface area contributed by atoms with Crippen molar-refractivity contribution in [3.05, 3.63) is 71.8 Å². The van der Waals surface area contributed by atoms with Gasteiger partial charge in [-0.05, 0) is 17.5 Å². The Bertz CT molecular complexity index is 637. The van der Waals surface area contributed by atoms with Gasteiger partial charge in [-0.3, -0.25) is 4.79 Å². The zero-order valence-electron chi connectivity index (χ0n) is 14.7. The van der Waals surface area contributed by atoms with Gasteiger partial charge in [-0.1, -0.05) is 60.7 Å². The molecule has 2 atom stereocenters. The number of nitrogens with one attached hydrogen (secondary N) is 1. The van der Waals surface area contributed by atoms with E-state index in [9.17, 15) is 4.79 Å². The highest BCUT2D eigenvalue weighted by molar-refractivity contribution is 5.87. The monoisotopic (exact) mass is 355 g/mol. The van der Waals surface area contributed by atoms with E-state index in [0.29, 0.717) is 19.6 Å². The summed E-state index contributed by atoms with van der Waals surface area (Å²) in [6.07, 6.45) is 0.554. The number of rotatable bonds is 7. The first-order chi connectivity index (χ1) is 12.8. The summed E-state index contributed by atoms with van der Waals surface area (Å²) in [5.74, 6) is -0.465. The maximum Gasteiger partial charge on any atom is 0.232 e. The van der Waals surface area contributed by atoms with Crippen LogP contribution >= 0.6 is 0 Å². The average molecular weight is 355 g/mol. The highest BCUT2D eigenvalue weighted by atomic mass is 16.5. The van der Waals surface area contributed by atoms with E-state index in [1.54, 1.807) is 0 Å². The van der Waals surface area contributed by atoms with Gasteiger partial charge >= 0.3 is 0 Å². The Morgan fingerprint density at radius 2 is 1.73 bits per heavy atom. The molecule has 0 aliphatic carbocycles. The Morgan fingerprint density at radius 3 is 2.31 bits per heavy atom. The Kier molecular flexibility index (Phi) is 6.77. The van der Waals surface area contributed by atoms with Crippen LogP contribution in [-0.4, -0.2) is 49.6 Å². The number of aliphatic hydroxyl groups excluding tert-OH is 1. The third kappa shape index (κ3) is 4.69. The molecule has 0 spiro atoms. The molecule has 2 aromatic carbocycles. The summed E-state index contributed by atoms with van der Waals surface area (Å²) in [7, 11) is 0. The minimum absolute atomic E-state index is 0.0331. The van der Waals surface area contributed by atoms with Crippen LogP contribution in [0.2, 0.25) is 0 Å². The highest BCUT2D eigenvalue weighted by Crippen LogP contribution is 2.25. The second-order valence-corrected chi connectivity index (χ2v) is 6.37. The molecule has 1 aliphatic rings. The number of ether oxygens (including phenoxy) is 2. The van der Waals surface area contributed by atoms with Crippen molar-refractivity contribution in [1.82, 2.24) is 5.32 Å². The summed E-state index contributed by atoms with van der Waals surface area (Å²) < 4.78 is 11.2. The van der Waals surface area contributed by atoms with Crippen LogP contribution in [0.15, 0.2) is 60.7 Å². The summed E-state index contributed by atoms with van der Waals surface area (Å²) in [5.41, 5.74) is 1.89. The molecule has 0 saturated carbocycles. The second kappa shape index (κ2) is 9.48. The smallest absolute Gasteiger partial charge is 0.232 e. The fourth-order valence-corrected chi connectivity index (χ4v) is 3.31. The van der Waals surface area contributed by atoms with Gasteiger partial charge in [-0.25, -0.2) is 0 Å². The predicted octanol–water partition coefficient (Wildman–Crippen LogP) is 2.10. The fraction of sp³-hybridized carbons (Fsp3) is 0.381. The average Bonchev–Trinajstić information content (AvgIpc) is 2.69. The van der Waals surface area contributed by atoms with E-state index in [-0.39, 0.29) is 31.3 Å². The third-order valence-corrected chi connectivity index (χ3v) is 4.57. The van der Waals surface area contributed by atoms with E-state index in [4.69, 9.17) is 14.6 Å². The summed E-state index contributed by atoms with van der Waals surface area (Å²) in [4.78, 5) is 13.2. The number of carbonyl (C=O) groups excluding carboxylic acids is 1. The van der Waals surface area contributed by atoms with Crippen LogP contribution in [-0.2, 0) is 14.3 Å². The van der Waals surface area contributed by atoms with Gasteiger partial charge in [0.25, 0.3) is 0 Å². The van der Waals surface area contributed by atoms with E-state index in [1.807, 2.05) is 60.7 Å². The zero-order chi connectivity index (χ0) is 18.2. The van der Waals surface area contributed by atoms with E-state index in [1.165, 1.54) is 0 Å². The quantitative estimate of drug-likeness (QED) is 0.798. The molecule has 5 nitrogen and oxygen atoms in total. The zero-order valence-corrected chi connectivity index (χ0v) is 14.7. The molecule has 1 saturated heterocycles. The van der Waals surface area contributed by atoms with Gasteiger partial charge in [0.05, 0.1) is 37.9 Å². The molecule has 0 radical (unpaired) electrons. The Balaban J connectivity index is 1.79. The van der Waals surface area contributed by atoms with Crippen molar-refractivity contribution in [2.24, 2.45) is 0 Å². The Hall–Kier alpha value is -2.21. The third-order valence-electron chi connectivity index (χ3n) is 4.57. The van der Waals surface area contributed by atoms with E-state index < -0.39 is 5.92 Å². The van der Waals surface area contributed by atoms with Gasteiger partial charge < -0.3 is 19.9 Å². The first kappa shape index (κ1) is 18.6. The number of aliphatic hydroxyl groups is 1. The fourth-order valence-electron chi connectivity index (χ4n) is 3.31. The van der Waals surface area contributed by atoms with E-state index >= 15 is 0 Å². The molecule has 0 unspecified atom stereocenters. The van der Waals surface area contributed by atoms with Crippen LogP contribution in [0, 0.1) is 0 Å². The maximum atomic E-state index is 13.2. The van der Waals surface area contributed by atoms with Crippen molar-refractivity contribution in [2.75, 3.05) is 26.4 Å². The number of hydrogen-bond acceptors (Lipinski definition) is 4. The van der Waals surface area contributed by atoms with Gasteiger partial charge in [0.1, 0.15) is 0 Å². The number of hydrogen-bond donors (Lipinski definition) is 2. The van der Waals surface area contributed by atoms with Crippen molar-refractivity contribution < 1.29 is 19.4 Å². The lowest BCUT2D eigenvalue weighted by molar-refractivity contribution is -0.127. The summed E-state index contributed by atoms with van der Waals surface area (Å²) in [6, 6.07) is 19.3. The van der Waals surface area contributed by atoms with Crippen LogP contribution in [0.25, 0.3) is 0 Å². The summed E-state index contributed by atoms with van der Waals surface area (Å²) >= 11 is 0. The summed E-state index contributed by atoms with van der Waals surface area (Å²) in [5, 5.41) is 12.1. The molecule has 1 heterocycles. The molecule has 0 aromatic heterocycles. The molecule has 0 bridgehead atoms. The Morgan fingerprint density at radius 1 is 1.12 bits per heavy atom. The molecule has 1 fully saturated rings. The lowest BCUT2D eigenvalue weighted by atomic mass is 9.90. The summed E-state index contributed by atoms with van der Waals surface area (Å²) in [6.45, 7) is 1.24. The van der Waals surface area contributed by atoms with Gasteiger partial charge in [0.15, 0.2) is 0 Å². The molecule has 1 aliphatic heterocycles. The van der Waals surface area contributed by atoms with Crippen LogP contribution in [0.4, 0.5) is 0 Å². The molecule has 5 heteroatoms. The largest absolute Gasteiger partial charge is 0.394 e. The molecule has 26 heavy (non-hydrogen) atoms. The normalized spacial score (nSPS) is 20.1. The first-order valence-corrected chi connectivity index (χ1v) is 9.00. The molecule has 138 valence electrons. The Labute approximate surface area is 153 Å². The van der Waals surface area contributed by atoms with E-state index in [2.05, 4.69) is 5.32 Å². The number of amides is 1. The maximum absolute atomic E-state index is 13.2. The molecule has 1 amide bonds. The number of benzene rings is 2. The number of carbonyl (C=O) groups is 1. The van der Waals surface area contributed by atoms with Crippen LogP contribution < -0.4 is 5.32 Å². The molecule has 3 rings (SSSR count). The van der Waals surface area contributed by atoms with Crippen molar-refractivity contribution in [3.63, 3.8) is 0 Å². The van der Waals surface area contributed by atoms with Crippen molar-refractivity contribution in [1.29, 1.82) is 0 Å². The highest BCUT2D eigenvalue weighted by Gasteiger charge is 2.31. The molecular formula is C21H25NO4. The first-order valence-electron chi connectivity index (χ1n) is 9.00. The van der Waals surface area contributed by atoms with Crippen molar-refractivity contribution in [2.45, 2.75) is 24.5 Å². The minimum Gasteiger partial charge on any atom is -0.394 e. The van der Waals surface area contributed by atoms with Gasteiger partial charge in [0, 0.05) is 6.61 Å². The molecular weight excluding hydrogens is 330 g/mol. The van der Waals surface area contributed by atoms with Gasteiger partial charge in [0.2, 0.25) is 5.91 Å². The van der Waals surface area contributed by atoms with Crippen LogP contribution in [0.1, 0.15) is 23.5 Å². The van der Waals surface area contributed by atoms with Crippen LogP contribution in [0.3, 0.4) is 0 Å². The standard InChI is InChI=1S/C21H25NO4/c23-12-14-26-19-11-13-25-15-18(19)22-21(24)20(16-7-3-1-4-8-16)17-9-5-2-6-10-17/h1-10,18-20,23H,11-15H2,(H,22,24)/t18-,19+/m1/s1. The SMILES string of the molecule is O=C(N[C@@H]1COCC[C@@H]1OCCO)C(c1ccccc1)c1ccccc1.